The molecule has 0 fully saturated rings. The van der Waals surface area contributed by atoms with E-state index in [0.717, 1.165) is 28.4 Å². The Morgan fingerprint density at radius 1 is 0.451 bits per heavy atom. The van der Waals surface area contributed by atoms with Gasteiger partial charge in [0.15, 0.2) is 0 Å². The normalized spacial score (nSPS) is 11.2. The molecule has 0 N–H and O–H groups in total. The topological polar surface area (TPSA) is 8.17 Å². The van der Waals surface area contributed by atoms with Gasteiger partial charge < -0.3 is 9.47 Å². The van der Waals surface area contributed by atoms with Crippen LogP contribution in [0.15, 0.2) is 195 Å². The van der Waals surface area contributed by atoms with Crippen LogP contribution in [-0.4, -0.2) is 4.57 Å². The molecule has 0 aliphatic rings. The number of hydrogen-bond acceptors (Lipinski definition) is 1. The molecule has 0 atom stereocenters. The molecule has 0 bridgehead atoms. The van der Waals surface area contributed by atoms with Crippen molar-refractivity contribution in [2.75, 3.05) is 4.90 Å². The highest BCUT2D eigenvalue weighted by molar-refractivity contribution is 5.95. The van der Waals surface area contributed by atoms with Gasteiger partial charge in [0.2, 0.25) is 0 Å². The molecule has 0 saturated heterocycles. The maximum absolute atomic E-state index is 4.16. The van der Waals surface area contributed by atoms with Crippen LogP contribution in [0.2, 0.25) is 0 Å². The van der Waals surface area contributed by atoms with Crippen molar-refractivity contribution in [3.05, 3.63) is 206 Å². The van der Waals surface area contributed by atoms with Gasteiger partial charge in [-0.05, 0) is 101 Å². The summed E-state index contributed by atoms with van der Waals surface area (Å²) in [7, 11) is 0. The van der Waals surface area contributed by atoms with Crippen LogP contribution in [-0.2, 0) is 0 Å². The lowest BCUT2D eigenvalue weighted by atomic mass is 10.0. The van der Waals surface area contributed by atoms with E-state index >= 15 is 0 Å². The smallest absolute Gasteiger partial charge is 0.0541 e. The highest BCUT2D eigenvalue weighted by atomic mass is 15.1. The van der Waals surface area contributed by atoms with E-state index in [2.05, 4.69) is 217 Å². The zero-order chi connectivity index (χ0) is 34.6. The summed E-state index contributed by atoms with van der Waals surface area (Å²) in [6.07, 6.45) is 6.22. The molecule has 51 heavy (non-hydrogen) atoms. The quantitative estimate of drug-likeness (QED) is 0.150. The Hall–Kier alpha value is -6.64. The summed E-state index contributed by atoms with van der Waals surface area (Å²) >= 11 is 0. The molecule has 8 aromatic rings. The average molecular weight is 655 g/mol. The second-order valence-electron chi connectivity index (χ2n) is 12.6. The first-order chi connectivity index (χ1) is 25.2. The molecule has 7 aromatic carbocycles. The third-order valence-corrected chi connectivity index (χ3v) is 9.53. The number of aromatic nitrogens is 1. The SMILES string of the molecule is C=Cc1c(/C=C\C)c2ccccc2n1-c1ccc(-c2ccc(N(c3ccc(-c4ccccc4)cc3)c3ccc(-c4ccccc4)cc3)cc2)cc1. The first-order valence-corrected chi connectivity index (χ1v) is 17.4. The largest absolute Gasteiger partial charge is 0.311 e. The summed E-state index contributed by atoms with van der Waals surface area (Å²) in [5.74, 6) is 0. The van der Waals surface area contributed by atoms with E-state index in [1.54, 1.807) is 0 Å². The fourth-order valence-corrected chi connectivity index (χ4v) is 7.03. The fourth-order valence-electron chi connectivity index (χ4n) is 7.03. The Morgan fingerprint density at radius 3 is 1.27 bits per heavy atom. The van der Waals surface area contributed by atoms with Crippen LogP contribution in [0, 0.1) is 0 Å². The summed E-state index contributed by atoms with van der Waals surface area (Å²) < 4.78 is 2.30. The van der Waals surface area contributed by atoms with Gasteiger partial charge in [-0.15, -0.1) is 0 Å². The van der Waals surface area contributed by atoms with Gasteiger partial charge in [-0.1, -0.05) is 146 Å². The predicted octanol–water partition coefficient (Wildman–Crippen LogP) is 13.8. The molecule has 1 aromatic heterocycles. The van der Waals surface area contributed by atoms with Crippen molar-refractivity contribution in [1.82, 2.24) is 4.57 Å². The first-order valence-electron chi connectivity index (χ1n) is 17.4. The number of para-hydroxylation sites is 1. The van der Waals surface area contributed by atoms with Crippen LogP contribution >= 0.6 is 0 Å². The highest BCUT2D eigenvalue weighted by Crippen LogP contribution is 2.38. The van der Waals surface area contributed by atoms with Crippen molar-refractivity contribution in [2.24, 2.45) is 0 Å². The number of benzene rings is 7. The van der Waals surface area contributed by atoms with E-state index in [1.807, 2.05) is 6.08 Å². The minimum Gasteiger partial charge on any atom is -0.311 e. The average Bonchev–Trinajstić information content (AvgIpc) is 3.53. The highest BCUT2D eigenvalue weighted by Gasteiger charge is 2.16. The maximum atomic E-state index is 4.16. The molecule has 0 amide bonds. The number of allylic oxidation sites excluding steroid dienone is 1. The number of anilines is 3. The molecular formula is C49H38N2. The predicted molar refractivity (Wildman–Crippen MR) is 219 cm³/mol. The summed E-state index contributed by atoms with van der Waals surface area (Å²) in [5, 5.41) is 1.22. The van der Waals surface area contributed by atoms with Crippen LogP contribution in [0.4, 0.5) is 17.1 Å². The summed E-state index contributed by atoms with van der Waals surface area (Å²) in [6.45, 7) is 6.22. The number of rotatable bonds is 9. The number of fused-ring (bicyclic) bond motifs is 1. The maximum Gasteiger partial charge on any atom is 0.0541 e. The van der Waals surface area contributed by atoms with E-state index in [4.69, 9.17) is 0 Å². The lowest BCUT2D eigenvalue weighted by molar-refractivity contribution is 1.11. The molecule has 2 nitrogen and oxygen atoms in total. The lowest BCUT2D eigenvalue weighted by Crippen LogP contribution is -2.09. The summed E-state index contributed by atoms with van der Waals surface area (Å²) in [5.41, 5.74) is 15.0. The number of hydrogen-bond donors (Lipinski definition) is 0. The summed E-state index contributed by atoms with van der Waals surface area (Å²) in [4.78, 5) is 2.33. The van der Waals surface area contributed by atoms with E-state index in [1.165, 1.54) is 49.8 Å². The Morgan fingerprint density at radius 2 is 0.843 bits per heavy atom. The molecule has 1 heterocycles. The van der Waals surface area contributed by atoms with Crippen molar-refractivity contribution in [3.8, 4) is 39.1 Å². The van der Waals surface area contributed by atoms with Crippen LogP contribution < -0.4 is 4.90 Å². The third kappa shape index (κ3) is 6.20. The van der Waals surface area contributed by atoms with Crippen molar-refractivity contribution in [3.63, 3.8) is 0 Å². The second kappa shape index (κ2) is 14.1. The second-order valence-corrected chi connectivity index (χ2v) is 12.6. The van der Waals surface area contributed by atoms with Crippen molar-refractivity contribution in [2.45, 2.75) is 6.92 Å². The first kappa shape index (κ1) is 31.6. The van der Waals surface area contributed by atoms with Gasteiger partial charge in [-0.25, -0.2) is 0 Å². The molecule has 0 aliphatic carbocycles. The Labute approximate surface area is 300 Å². The fraction of sp³-hybridized carbons (Fsp3) is 0.0204. The molecule has 0 radical (unpaired) electrons. The van der Waals surface area contributed by atoms with E-state index < -0.39 is 0 Å². The monoisotopic (exact) mass is 654 g/mol. The van der Waals surface area contributed by atoms with E-state index in [9.17, 15) is 0 Å². The van der Waals surface area contributed by atoms with Gasteiger partial charge in [0, 0.05) is 33.7 Å². The molecule has 0 spiro atoms. The van der Waals surface area contributed by atoms with Crippen molar-refractivity contribution in [1.29, 1.82) is 0 Å². The van der Waals surface area contributed by atoms with Gasteiger partial charge in [-0.2, -0.15) is 0 Å². The van der Waals surface area contributed by atoms with Gasteiger partial charge in [0.25, 0.3) is 0 Å². The van der Waals surface area contributed by atoms with Crippen LogP contribution in [0.1, 0.15) is 18.2 Å². The Balaban J connectivity index is 1.13. The van der Waals surface area contributed by atoms with E-state index in [0.29, 0.717) is 0 Å². The third-order valence-electron chi connectivity index (χ3n) is 9.53. The van der Waals surface area contributed by atoms with Crippen LogP contribution in [0.3, 0.4) is 0 Å². The number of nitrogens with zero attached hydrogens (tertiary/aromatic N) is 2. The molecular weight excluding hydrogens is 617 g/mol. The van der Waals surface area contributed by atoms with Crippen LogP contribution in [0.5, 0.6) is 0 Å². The van der Waals surface area contributed by atoms with Gasteiger partial charge in [0.1, 0.15) is 0 Å². The standard InChI is InChI=1S/C49H38N2/c1-3-13-46-47-18-11-12-19-49(47)51(48(46)4-2)45-34-26-41(27-35-45)40-24-32-44(33-25-40)50(42-28-20-38(21-29-42)36-14-7-5-8-15-36)43-30-22-39(23-31-43)37-16-9-6-10-17-37/h3-35H,2H2,1H3/b13-3-. The van der Waals surface area contributed by atoms with Gasteiger partial charge in [-0.3, -0.25) is 0 Å². The minimum atomic E-state index is 1.10. The summed E-state index contributed by atoms with van der Waals surface area (Å²) in [6, 6.07) is 65.0. The van der Waals surface area contributed by atoms with E-state index in [-0.39, 0.29) is 0 Å². The molecule has 0 aliphatic heterocycles. The van der Waals surface area contributed by atoms with Gasteiger partial charge in [0.05, 0.1) is 11.2 Å². The molecule has 0 unspecified atom stereocenters. The molecule has 0 saturated carbocycles. The van der Waals surface area contributed by atoms with Crippen molar-refractivity contribution < 1.29 is 0 Å². The Kier molecular flexibility index (Phi) is 8.72. The zero-order valence-electron chi connectivity index (χ0n) is 28.7. The zero-order valence-corrected chi connectivity index (χ0v) is 28.7. The molecule has 8 rings (SSSR count). The van der Waals surface area contributed by atoms with Crippen molar-refractivity contribution >= 4 is 40.1 Å². The Bertz CT molecular complexity index is 2350. The molecule has 244 valence electrons. The van der Waals surface area contributed by atoms with Gasteiger partial charge >= 0.3 is 0 Å². The lowest BCUT2D eigenvalue weighted by Gasteiger charge is -2.26. The van der Waals surface area contributed by atoms with Crippen LogP contribution in [0.25, 0.3) is 62.1 Å². The molecule has 2 heteroatoms. The minimum absolute atomic E-state index is 1.10.